The highest BCUT2D eigenvalue weighted by Crippen LogP contribution is 2.51. The van der Waals surface area contributed by atoms with Crippen molar-refractivity contribution in [3.05, 3.63) is 211 Å². The number of halogens is 3. The molecule has 0 bridgehead atoms. The Hall–Kier alpha value is -7.49. The molecule has 6 aromatic carbocycles. The zero-order valence-electron chi connectivity index (χ0n) is 35.2. The first-order chi connectivity index (χ1) is 30.9. The van der Waals surface area contributed by atoms with Gasteiger partial charge in [0.2, 0.25) is 0 Å². The van der Waals surface area contributed by atoms with E-state index in [-0.39, 0.29) is 5.91 Å². The molecule has 2 fully saturated rings. The molecule has 2 heterocycles. The molecule has 0 spiro atoms. The van der Waals surface area contributed by atoms with Crippen LogP contribution in [-0.2, 0) is 10.5 Å². The third-order valence-electron chi connectivity index (χ3n) is 10.7. The van der Waals surface area contributed by atoms with Crippen LogP contribution >= 0.6 is 39.1 Å². The van der Waals surface area contributed by atoms with Gasteiger partial charge >= 0.3 is 12.1 Å². The Balaban J connectivity index is 0.000000186. The Morgan fingerprint density at radius 2 is 0.923 bits per heavy atom. The Kier molecular flexibility index (Phi) is 13.8. The van der Waals surface area contributed by atoms with Crippen molar-refractivity contribution >= 4 is 103 Å². The van der Waals surface area contributed by atoms with Gasteiger partial charge in [-0.1, -0.05) is 99.8 Å². The number of benzene rings is 6. The van der Waals surface area contributed by atoms with Crippen LogP contribution in [0.3, 0.4) is 0 Å². The first kappa shape index (κ1) is 47.0. The first-order valence-corrected chi connectivity index (χ1v) is 21.1. The van der Waals surface area contributed by atoms with Gasteiger partial charge in [0.05, 0.1) is 37.5 Å². The van der Waals surface area contributed by atoms with Gasteiger partial charge in [0.15, 0.2) is 28.5 Å². The normalized spacial score (nSPS) is 16.8. The van der Waals surface area contributed by atoms with Crippen molar-refractivity contribution in [2.75, 3.05) is 19.6 Å². The number of rotatable bonds is 5. The minimum Gasteiger partial charge on any atom is -0.365 e. The van der Waals surface area contributed by atoms with E-state index in [1.807, 2.05) is 12.1 Å². The zero-order valence-corrected chi connectivity index (χ0v) is 38.3. The molecule has 2 saturated heterocycles. The number of urea groups is 2. The van der Waals surface area contributed by atoms with Gasteiger partial charge in [0.1, 0.15) is 5.54 Å². The summed E-state index contributed by atoms with van der Waals surface area (Å²) in [6.45, 7) is 35.2. The van der Waals surface area contributed by atoms with Crippen molar-refractivity contribution in [3.8, 4) is 0 Å². The zero-order chi connectivity index (χ0) is 47.3. The summed E-state index contributed by atoms with van der Waals surface area (Å²) in [5.74, 6) is -0.321. The first-order valence-electron chi connectivity index (χ1n) is 19.6. The molecular weight excluding hydrogens is 927 g/mol. The second kappa shape index (κ2) is 19.1. The molecule has 2 aliphatic heterocycles. The fourth-order valence-electron chi connectivity index (χ4n) is 7.45. The number of nitrogens with zero attached hydrogens (tertiary/aromatic N) is 8. The summed E-state index contributed by atoms with van der Waals surface area (Å²) >= 11 is 15.2. The number of hydrogen-bond acceptors (Lipinski definition) is 4. The quantitative estimate of drug-likeness (QED) is 0.137. The highest BCUT2D eigenvalue weighted by Gasteiger charge is 2.64. The number of aliphatic hydroxyl groups is 1. The standard InChI is InChI=1S/C25H19ClN4O2.C18H14ClN3O2.C7H4BrN/c1-24(2)25(32,17-6-5-7-20(16-17)28-4)30(22-14-10-19(27-3)11-15-22)23(31)29(24)21-12-8-18(26)9-13-21;1-18(2)16(23)21(14-10-6-13(20-3)7-11-14)17(24)22(18)15-8-4-12(19)5-9-15;1-9-7-4-2-3-6(8)5-7/h5-16,32H,1-2H3;4-11H,1-2H3;2-5H. The summed E-state index contributed by atoms with van der Waals surface area (Å²) in [5, 5.41) is 13.4. The SMILES string of the molecule is [C-]#[N+]c1ccc(N2C(=O)N(c3ccc(Cl)cc3)C(C)(C)C2(O)c2cccc([N+]#[C-])c2)cc1.[C-]#[N+]c1ccc(N2C(=O)N(c3ccc(Cl)cc3)C(C)(C)C2=O)cc1.[C-]#[N+]c1cccc(Br)c1. The fourth-order valence-corrected chi connectivity index (χ4v) is 8.09. The van der Waals surface area contributed by atoms with Crippen molar-refractivity contribution in [3.63, 3.8) is 0 Å². The van der Waals surface area contributed by atoms with Gasteiger partial charge in [-0.05, 0) is 118 Å². The van der Waals surface area contributed by atoms with Crippen LogP contribution in [0, 0.1) is 26.3 Å². The Morgan fingerprint density at radius 1 is 0.508 bits per heavy atom. The van der Waals surface area contributed by atoms with Gasteiger partial charge in [0, 0.05) is 31.6 Å². The molecule has 322 valence electrons. The van der Waals surface area contributed by atoms with Crippen LogP contribution in [0.15, 0.2) is 150 Å². The van der Waals surface area contributed by atoms with Crippen LogP contribution in [0.1, 0.15) is 33.3 Å². The molecule has 12 nitrogen and oxygen atoms in total. The minimum absolute atomic E-state index is 0.321. The van der Waals surface area contributed by atoms with Gasteiger partial charge in [-0.15, -0.1) is 0 Å². The molecule has 8 rings (SSSR count). The van der Waals surface area contributed by atoms with Gasteiger partial charge in [-0.2, -0.15) is 0 Å². The Bertz CT molecular complexity index is 2950. The predicted molar refractivity (Wildman–Crippen MR) is 259 cm³/mol. The van der Waals surface area contributed by atoms with Gasteiger partial charge < -0.3 is 5.11 Å². The molecule has 65 heavy (non-hydrogen) atoms. The molecule has 0 saturated carbocycles. The Morgan fingerprint density at radius 3 is 1.38 bits per heavy atom. The topological polar surface area (TPSA) is 102 Å². The van der Waals surface area contributed by atoms with Crippen molar-refractivity contribution in [2.45, 2.75) is 44.5 Å². The van der Waals surface area contributed by atoms with Crippen LogP contribution < -0.4 is 19.6 Å². The molecule has 0 radical (unpaired) electrons. The maximum Gasteiger partial charge on any atom is 0.336 e. The monoisotopic (exact) mass is 962 g/mol. The van der Waals surface area contributed by atoms with E-state index in [1.165, 1.54) is 14.7 Å². The molecule has 0 aromatic heterocycles. The summed E-state index contributed by atoms with van der Waals surface area (Å²) in [6.07, 6.45) is 0. The third kappa shape index (κ3) is 9.14. The summed E-state index contributed by atoms with van der Waals surface area (Å²) in [6, 6.07) is 39.5. The maximum atomic E-state index is 13.8. The Labute approximate surface area is 395 Å². The molecule has 0 aliphatic carbocycles. The van der Waals surface area contributed by atoms with E-state index in [9.17, 15) is 19.5 Å². The van der Waals surface area contributed by atoms with Crippen LogP contribution in [0.5, 0.6) is 0 Å². The van der Waals surface area contributed by atoms with E-state index in [4.69, 9.17) is 49.5 Å². The van der Waals surface area contributed by atoms with Crippen LogP contribution in [0.4, 0.5) is 55.1 Å². The molecule has 1 atom stereocenters. The number of anilines is 4. The lowest BCUT2D eigenvalue weighted by atomic mass is 9.83. The number of imide groups is 1. The molecular formula is C50H37BrCl2N8O4. The summed E-state index contributed by atoms with van der Waals surface area (Å²) in [4.78, 5) is 58.5. The fraction of sp³-hybridized carbons (Fsp3) is 0.140. The number of hydrogen-bond donors (Lipinski definition) is 1. The predicted octanol–water partition coefficient (Wildman–Crippen LogP) is 14.2. The van der Waals surface area contributed by atoms with Gasteiger partial charge in [-0.3, -0.25) is 19.5 Å². The van der Waals surface area contributed by atoms with Crippen LogP contribution in [-0.4, -0.2) is 34.2 Å². The number of carbonyl (C=O) groups is 3. The molecule has 1 N–H and O–H groups in total. The summed E-state index contributed by atoms with van der Waals surface area (Å²) < 4.78 is 0.955. The summed E-state index contributed by atoms with van der Waals surface area (Å²) in [5.41, 5.74) is 0.383. The highest BCUT2D eigenvalue weighted by molar-refractivity contribution is 9.10. The largest absolute Gasteiger partial charge is 0.365 e. The maximum absolute atomic E-state index is 13.8. The average molecular weight is 965 g/mol. The van der Waals surface area contributed by atoms with Crippen molar-refractivity contribution in [1.82, 2.24) is 0 Å². The highest BCUT2D eigenvalue weighted by atomic mass is 79.9. The second-order valence-electron chi connectivity index (χ2n) is 15.5. The van der Waals surface area contributed by atoms with E-state index in [2.05, 4.69) is 35.3 Å². The molecule has 6 aromatic rings. The van der Waals surface area contributed by atoms with E-state index < -0.39 is 28.9 Å². The third-order valence-corrected chi connectivity index (χ3v) is 11.7. The van der Waals surface area contributed by atoms with Gasteiger partial charge in [-0.25, -0.2) is 33.9 Å². The van der Waals surface area contributed by atoms with E-state index in [1.54, 1.807) is 161 Å². The van der Waals surface area contributed by atoms with Crippen LogP contribution in [0.2, 0.25) is 10.0 Å². The van der Waals surface area contributed by atoms with E-state index >= 15 is 0 Å². The van der Waals surface area contributed by atoms with E-state index in [0.29, 0.717) is 61.1 Å². The van der Waals surface area contributed by atoms with Gasteiger partial charge in [0.25, 0.3) is 5.91 Å². The second-order valence-corrected chi connectivity index (χ2v) is 17.3. The van der Waals surface area contributed by atoms with E-state index in [0.717, 1.165) is 9.37 Å². The smallest absolute Gasteiger partial charge is 0.336 e. The molecule has 1 unspecified atom stereocenters. The van der Waals surface area contributed by atoms with Crippen molar-refractivity contribution in [2.24, 2.45) is 0 Å². The molecule has 15 heteroatoms. The molecule has 5 amide bonds. The van der Waals surface area contributed by atoms with Crippen molar-refractivity contribution in [1.29, 1.82) is 0 Å². The lowest BCUT2D eigenvalue weighted by Crippen LogP contribution is -2.56. The number of amides is 5. The lowest BCUT2D eigenvalue weighted by molar-refractivity contribution is -0.120. The van der Waals surface area contributed by atoms with Crippen molar-refractivity contribution < 1.29 is 19.5 Å². The number of carbonyl (C=O) groups excluding carboxylic acids is 3. The van der Waals surface area contributed by atoms with Crippen LogP contribution in [0.25, 0.3) is 19.4 Å². The minimum atomic E-state index is -1.82. The summed E-state index contributed by atoms with van der Waals surface area (Å²) in [7, 11) is 0. The molecule has 2 aliphatic rings. The average Bonchev–Trinajstić information content (AvgIpc) is 3.59. The lowest BCUT2D eigenvalue weighted by Gasteiger charge is -2.43.